The molecule has 3 aliphatic rings. The van der Waals surface area contributed by atoms with Crippen LogP contribution in [-0.4, -0.2) is 148 Å². The summed E-state index contributed by atoms with van der Waals surface area (Å²) >= 11 is 0. The molecule has 3 fully saturated rings. The van der Waals surface area contributed by atoms with Gasteiger partial charge in [0.25, 0.3) is 0 Å². The second kappa shape index (κ2) is 19.1. The minimum Gasteiger partial charge on any atom is -0.508 e. The molecule has 2 aromatic carbocycles. The Morgan fingerprint density at radius 3 is 1.12 bits per heavy atom. The van der Waals surface area contributed by atoms with Gasteiger partial charge >= 0.3 is 0 Å². The van der Waals surface area contributed by atoms with Crippen molar-refractivity contribution in [1.29, 1.82) is 0 Å². The van der Waals surface area contributed by atoms with E-state index in [2.05, 4.69) is 40.9 Å². The smallest absolute Gasteiger partial charge is 0.115 e. The molecular weight excluding hydrogens is 528 g/mol. The average Bonchev–Trinajstić information content (AvgIpc) is 2.99. The van der Waals surface area contributed by atoms with Crippen LogP contribution in [0.3, 0.4) is 0 Å². The minimum absolute atomic E-state index is 0.322. The lowest BCUT2D eigenvalue weighted by atomic mass is 10.2. The molecular formula is C32H54N8O2. The van der Waals surface area contributed by atoms with Crippen LogP contribution in [0.1, 0.15) is 11.1 Å². The normalized spacial score (nSPS) is 24.2. The van der Waals surface area contributed by atoms with Gasteiger partial charge in [0.15, 0.2) is 0 Å². The number of phenolic OH excluding ortho intramolecular Hbond substituents is 2. The Morgan fingerprint density at radius 2 is 0.738 bits per heavy atom. The highest BCUT2D eigenvalue weighted by molar-refractivity contribution is 5.26. The zero-order valence-corrected chi connectivity index (χ0v) is 25.4. The van der Waals surface area contributed by atoms with Crippen molar-refractivity contribution in [2.45, 2.75) is 13.1 Å². The Labute approximate surface area is 253 Å². The Kier molecular flexibility index (Phi) is 14.8. The number of hydrogen-bond acceptors (Lipinski definition) is 10. The Morgan fingerprint density at radius 1 is 0.405 bits per heavy atom. The molecule has 0 spiro atoms. The summed E-state index contributed by atoms with van der Waals surface area (Å²) < 4.78 is 0. The lowest BCUT2D eigenvalue weighted by Gasteiger charge is -2.30. The van der Waals surface area contributed by atoms with E-state index in [-0.39, 0.29) is 0 Å². The fourth-order valence-corrected chi connectivity index (χ4v) is 5.60. The predicted molar refractivity (Wildman–Crippen MR) is 171 cm³/mol. The van der Waals surface area contributed by atoms with Crippen molar-refractivity contribution in [3.8, 4) is 11.5 Å². The van der Waals surface area contributed by atoms with Gasteiger partial charge in [0.05, 0.1) is 0 Å². The van der Waals surface area contributed by atoms with Crippen molar-refractivity contribution in [3.63, 3.8) is 0 Å². The molecule has 234 valence electrons. The van der Waals surface area contributed by atoms with Crippen molar-refractivity contribution in [3.05, 3.63) is 59.7 Å². The summed E-state index contributed by atoms with van der Waals surface area (Å²) in [4.78, 5) is 10.3. The zero-order valence-electron chi connectivity index (χ0n) is 25.4. The summed E-state index contributed by atoms with van der Waals surface area (Å²) in [6.45, 7) is 19.8. The van der Waals surface area contributed by atoms with Crippen LogP contribution in [0.4, 0.5) is 0 Å². The standard InChI is InChI=1S/C32H54N8O2/c41-31-5-1-29(2-6-31)27-39-21-15-35-13-20-38-18-12-34-10-9-33-11-17-37(23-25-39)19-14-36-16-22-40(26-24-38)28-30-3-7-32(42)8-4-30/h1-8,33-36,41-42H,9-28H2. The summed E-state index contributed by atoms with van der Waals surface area (Å²) in [5.41, 5.74) is 2.48. The highest BCUT2D eigenvalue weighted by atomic mass is 16.3. The summed E-state index contributed by atoms with van der Waals surface area (Å²) in [6.07, 6.45) is 0. The monoisotopic (exact) mass is 582 g/mol. The molecule has 3 saturated heterocycles. The maximum absolute atomic E-state index is 9.73. The van der Waals surface area contributed by atoms with Crippen molar-refractivity contribution in [1.82, 2.24) is 40.9 Å². The first-order chi connectivity index (χ1) is 20.6. The summed E-state index contributed by atoms with van der Waals surface area (Å²) in [5, 5.41) is 34.2. The third-order valence-electron chi connectivity index (χ3n) is 8.26. The van der Waals surface area contributed by atoms with Crippen LogP contribution in [0.25, 0.3) is 0 Å². The minimum atomic E-state index is 0.322. The predicted octanol–water partition coefficient (Wildman–Crippen LogP) is 0.392. The van der Waals surface area contributed by atoms with E-state index in [9.17, 15) is 10.2 Å². The molecule has 10 nitrogen and oxygen atoms in total. The second-order valence-electron chi connectivity index (χ2n) is 11.6. The van der Waals surface area contributed by atoms with E-state index in [4.69, 9.17) is 0 Å². The molecule has 3 heterocycles. The van der Waals surface area contributed by atoms with E-state index in [0.717, 1.165) is 131 Å². The van der Waals surface area contributed by atoms with E-state index in [1.807, 2.05) is 24.3 Å². The van der Waals surface area contributed by atoms with Gasteiger partial charge < -0.3 is 31.5 Å². The summed E-state index contributed by atoms with van der Waals surface area (Å²) in [7, 11) is 0. The molecule has 0 radical (unpaired) electrons. The second-order valence-corrected chi connectivity index (χ2v) is 11.6. The Balaban J connectivity index is 1.43. The van der Waals surface area contributed by atoms with Crippen molar-refractivity contribution in [2.75, 3.05) is 118 Å². The molecule has 0 aliphatic carbocycles. The van der Waals surface area contributed by atoms with E-state index >= 15 is 0 Å². The van der Waals surface area contributed by atoms with Crippen LogP contribution in [0.5, 0.6) is 11.5 Å². The molecule has 42 heavy (non-hydrogen) atoms. The fourth-order valence-electron chi connectivity index (χ4n) is 5.60. The van der Waals surface area contributed by atoms with Gasteiger partial charge in [-0.25, -0.2) is 0 Å². The van der Waals surface area contributed by atoms with E-state index in [0.29, 0.717) is 11.5 Å². The first-order valence-corrected chi connectivity index (χ1v) is 15.9. The number of aromatic hydroxyl groups is 2. The van der Waals surface area contributed by atoms with Gasteiger partial charge in [-0.2, -0.15) is 0 Å². The van der Waals surface area contributed by atoms with Gasteiger partial charge in [-0.3, -0.25) is 19.6 Å². The van der Waals surface area contributed by atoms with E-state index in [1.165, 1.54) is 11.1 Å². The molecule has 0 amide bonds. The number of benzene rings is 2. The van der Waals surface area contributed by atoms with Crippen LogP contribution >= 0.6 is 0 Å². The van der Waals surface area contributed by atoms with Crippen molar-refractivity contribution < 1.29 is 10.2 Å². The first-order valence-electron chi connectivity index (χ1n) is 15.9. The van der Waals surface area contributed by atoms with Gasteiger partial charge in [-0.1, -0.05) is 24.3 Å². The lowest BCUT2D eigenvalue weighted by molar-refractivity contribution is 0.183. The van der Waals surface area contributed by atoms with Crippen LogP contribution in [0.2, 0.25) is 0 Å². The average molecular weight is 583 g/mol. The van der Waals surface area contributed by atoms with Crippen LogP contribution in [-0.2, 0) is 13.1 Å². The maximum atomic E-state index is 9.73. The Hall–Kier alpha value is -2.28. The number of nitrogens with zero attached hydrogens (tertiary/aromatic N) is 4. The number of hydrogen-bond donors (Lipinski definition) is 6. The summed E-state index contributed by atoms with van der Waals surface area (Å²) in [5.74, 6) is 0.644. The topological polar surface area (TPSA) is 102 Å². The molecule has 3 aliphatic heterocycles. The van der Waals surface area contributed by atoms with Gasteiger partial charge in [-0.05, 0) is 35.4 Å². The molecule has 5 rings (SSSR count). The maximum Gasteiger partial charge on any atom is 0.115 e. The largest absolute Gasteiger partial charge is 0.508 e. The first kappa shape index (κ1) is 32.6. The molecule has 2 aromatic rings. The van der Waals surface area contributed by atoms with Crippen molar-refractivity contribution >= 4 is 0 Å². The molecule has 10 heteroatoms. The van der Waals surface area contributed by atoms with Gasteiger partial charge in [0.1, 0.15) is 11.5 Å². The highest BCUT2D eigenvalue weighted by Gasteiger charge is 2.14. The highest BCUT2D eigenvalue weighted by Crippen LogP contribution is 2.13. The number of nitrogens with one attached hydrogen (secondary N) is 4. The third kappa shape index (κ3) is 12.9. The molecule has 2 atom stereocenters. The lowest BCUT2D eigenvalue weighted by Crippen LogP contribution is -2.46. The van der Waals surface area contributed by atoms with Gasteiger partial charge in [0.2, 0.25) is 0 Å². The molecule has 6 N–H and O–H groups in total. The molecule has 2 bridgehead atoms. The third-order valence-corrected chi connectivity index (χ3v) is 8.26. The molecule has 0 aromatic heterocycles. The number of fused-ring (bicyclic) bond motifs is 21. The Bertz CT molecular complexity index is 898. The van der Waals surface area contributed by atoms with E-state index < -0.39 is 0 Å². The fraction of sp³-hybridized carbons (Fsp3) is 0.625. The van der Waals surface area contributed by atoms with Gasteiger partial charge in [0, 0.05) is 131 Å². The molecule has 2 unspecified atom stereocenters. The zero-order chi connectivity index (χ0) is 29.2. The van der Waals surface area contributed by atoms with Crippen LogP contribution in [0.15, 0.2) is 48.5 Å². The molecule has 0 saturated carbocycles. The number of rotatable bonds is 4. The van der Waals surface area contributed by atoms with Crippen LogP contribution < -0.4 is 21.3 Å². The summed E-state index contributed by atoms with van der Waals surface area (Å²) in [6, 6.07) is 15.3. The van der Waals surface area contributed by atoms with Crippen LogP contribution in [0, 0.1) is 0 Å². The number of phenols is 2. The SMILES string of the molecule is Oc1ccc(CN2CCNCCN3CCNCCNCCN(CCNCCN(Cc4ccc(O)cc4)CC3)CC2)cc1. The van der Waals surface area contributed by atoms with Gasteiger partial charge in [-0.15, -0.1) is 0 Å². The van der Waals surface area contributed by atoms with Crippen molar-refractivity contribution in [2.24, 2.45) is 0 Å². The van der Waals surface area contributed by atoms with E-state index in [1.54, 1.807) is 24.3 Å². The quantitative estimate of drug-likeness (QED) is 0.304.